The summed E-state index contributed by atoms with van der Waals surface area (Å²) in [6.45, 7) is 3.94. The molecule has 2 saturated heterocycles. The number of nitrogens with zero attached hydrogens (tertiary/aromatic N) is 1. The third-order valence-corrected chi connectivity index (χ3v) is 7.25. The number of hydrogen-bond donors (Lipinski definition) is 0. The first-order chi connectivity index (χ1) is 9.33. The zero-order chi connectivity index (χ0) is 13.1. The van der Waals surface area contributed by atoms with E-state index in [9.17, 15) is 0 Å². The van der Waals surface area contributed by atoms with Gasteiger partial charge in [-0.3, -0.25) is 0 Å². The monoisotopic (exact) mass is 325 g/mol. The summed E-state index contributed by atoms with van der Waals surface area (Å²) in [4.78, 5) is 2.71. The molecule has 104 valence electrons. The summed E-state index contributed by atoms with van der Waals surface area (Å²) in [7, 11) is 1.73. The van der Waals surface area contributed by atoms with Gasteiger partial charge in [0, 0.05) is 0 Å². The Labute approximate surface area is 122 Å². The Balaban J connectivity index is 1.51. The van der Waals surface area contributed by atoms with E-state index in [0.29, 0.717) is 0 Å². The van der Waals surface area contributed by atoms with Gasteiger partial charge in [0.05, 0.1) is 0 Å². The molecule has 2 bridgehead atoms. The predicted molar refractivity (Wildman–Crippen MR) is 80.1 cm³/mol. The van der Waals surface area contributed by atoms with Crippen LogP contribution in [0.4, 0.5) is 0 Å². The molecule has 2 unspecified atom stereocenters. The van der Waals surface area contributed by atoms with Crippen molar-refractivity contribution in [1.29, 1.82) is 0 Å². The molecule has 2 atom stereocenters. The van der Waals surface area contributed by atoms with Crippen LogP contribution in [-0.2, 0) is 6.42 Å². The Morgan fingerprint density at radius 1 is 1.16 bits per heavy atom. The second-order valence-corrected chi connectivity index (χ2v) is 8.12. The standard InChI is InChI=1S/C16H23NOSe/c1-18-16-4-2-13(3-5-16)6-7-17-9-14-8-15(10-17)12-19-11-14/h2-5,14-15H,6-12H2,1H3. The molecule has 0 spiro atoms. The van der Waals surface area contributed by atoms with Gasteiger partial charge in [0.2, 0.25) is 0 Å². The van der Waals surface area contributed by atoms with E-state index in [2.05, 4.69) is 29.2 Å². The molecule has 2 heterocycles. The fraction of sp³-hybridized carbons (Fsp3) is 0.625. The summed E-state index contributed by atoms with van der Waals surface area (Å²) in [6, 6.07) is 8.55. The molecule has 3 rings (SSSR count). The zero-order valence-corrected chi connectivity index (χ0v) is 13.4. The molecule has 2 nitrogen and oxygen atoms in total. The molecule has 2 aliphatic heterocycles. The number of piperidine rings is 1. The van der Waals surface area contributed by atoms with E-state index in [-0.39, 0.29) is 0 Å². The van der Waals surface area contributed by atoms with Gasteiger partial charge in [-0.05, 0) is 0 Å². The molecule has 0 aromatic heterocycles. The zero-order valence-electron chi connectivity index (χ0n) is 11.7. The van der Waals surface area contributed by atoms with E-state index in [0.717, 1.165) is 32.5 Å². The Hall–Kier alpha value is -0.501. The van der Waals surface area contributed by atoms with Gasteiger partial charge in [0.25, 0.3) is 0 Å². The number of fused-ring (bicyclic) bond motifs is 2. The Kier molecular flexibility index (Phi) is 4.47. The first kappa shape index (κ1) is 13.5. The van der Waals surface area contributed by atoms with Crippen molar-refractivity contribution in [2.75, 3.05) is 26.7 Å². The van der Waals surface area contributed by atoms with E-state index >= 15 is 0 Å². The van der Waals surface area contributed by atoms with Crippen LogP contribution in [-0.4, -0.2) is 46.6 Å². The summed E-state index contributed by atoms with van der Waals surface area (Å²) in [5, 5.41) is 3.06. The molecule has 0 N–H and O–H groups in total. The molecule has 3 heteroatoms. The molecule has 0 radical (unpaired) electrons. The van der Waals surface area contributed by atoms with Crippen LogP contribution in [0, 0.1) is 11.8 Å². The number of likely N-dealkylation sites (tertiary alicyclic amines) is 1. The van der Waals surface area contributed by atoms with E-state index < -0.39 is 0 Å². The second-order valence-electron chi connectivity index (χ2n) is 5.86. The molecule has 2 aliphatic rings. The van der Waals surface area contributed by atoms with Crippen molar-refractivity contribution in [3.8, 4) is 5.75 Å². The summed E-state index contributed by atoms with van der Waals surface area (Å²) in [5.74, 6) is 2.99. The van der Waals surface area contributed by atoms with Crippen LogP contribution in [0.25, 0.3) is 0 Å². The van der Waals surface area contributed by atoms with Gasteiger partial charge in [0.15, 0.2) is 0 Å². The Bertz CT molecular complexity index is 394. The van der Waals surface area contributed by atoms with Crippen LogP contribution in [0.2, 0.25) is 10.6 Å². The molecular weight excluding hydrogens is 301 g/mol. The average molecular weight is 324 g/mol. The number of benzene rings is 1. The SMILES string of the molecule is COc1ccc(CCN2CC3C[Se]CC(C3)C2)cc1. The maximum absolute atomic E-state index is 5.21. The van der Waals surface area contributed by atoms with Crippen LogP contribution in [0.5, 0.6) is 5.75 Å². The summed E-state index contributed by atoms with van der Waals surface area (Å²) in [5.41, 5.74) is 1.43. The van der Waals surface area contributed by atoms with Crippen molar-refractivity contribution in [1.82, 2.24) is 4.90 Å². The van der Waals surface area contributed by atoms with Gasteiger partial charge in [-0.15, -0.1) is 0 Å². The van der Waals surface area contributed by atoms with Crippen molar-refractivity contribution < 1.29 is 4.74 Å². The third-order valence-electron chi connectivity index (χ3n) is 4.28. The fourth-order valence-electron chi connectivity index (χ4n) is 3.33. The maximum atomic E-state index is 5.21. The molecule has 0 amide bonds. The van der Waals surface area contributed by atoms with Gasteiger partial charge in [-0.1, -0.05) is 0 Å². The third kappa shape index (κ3) is 3.53. The first-order valence-electron chi connectivity index (χ1n) is 7.26. The quantitative estimate of drug-likeness (QED) is 0.790. The van der Waals surface area contributed by atoms with Gasteiger partial charge >= 0.3 is 122 Å². The van der Waals surface area contributed by atoms with Crippen LogP contribution >= 0.6 is 0 Å². The number of ether oxygens (including phenoxy) is 1. The van der Waals surface area contributed by atoms with Crippen molar-refractivity contribution in [2.24, 2.45) is 11.8 Å². The minimum atomic E-state index is 0.954. The van der Waals surface area contributed by atoms with Crippen molar-refractivity contribution in [2.45, 2.75) is 23.5 Å². The van der Waals surface area contributed by atoms with E-state index in [1.807, 2.05) is 0 Å². The molecule has 1 aromatic carbocycles. The van der Waals surface area contributed by atoms with Crippen molar-refractivity contribution in [3.05, 3.63) is 29.8 Å². The molecule has 19 heavy (non-hydrogen) atoms. The molecule has 2 fully saturated rings. The van der Waals surface area contributed by atoms with Crippen LogP contribution in [0.3, 0.4) is 0 Å². The Morgan fingerprint density at radius 3 is 2.47 bits per heavy atom. The van der Waals surface area contributed by atoms with Crippen LogP contribution < -0.4 is 4.74 Å². The van der Waals surface area contributed by atoms with Gasteiger partial charge in [0.1, 0.15) is 0 Å². The second kappa shape index (κ2) is 6.30. The van der Waals surface area contributed by atoms with Gasteiger partial charge in [-0.2, -0.15) is 0 Å². The number of hydrogen-bond acceptors (Lipinski definition) is 2. The van der Waals surface area contributed by atoms with Crippen LogP contribution in [0.1, 0.15) is 12.0 Å². The summed E-state index contributed by atoms with van der Waals surface area (Å²) in [6.07, 6.45) is 2.69. The first-order valence-corrected chi connectivity index (χ1v) is 9.69. The number of rotatable bonds is 4. The summed E-state index contributed by atoms with van der Waals surface area (Å²) < 4.78 is 5.21. The number of methoxy groups -OCH3 is 1. The van der Waals surface area contributed by atoms with Gasteiger partial charge < -0.3 is 0 Å². The van der Waals surface area contributed by atoms with E-state index in [1.54, 1.807) is 7.11 Å². The van der Waals surface area contributed by atoms with Crippen LogP contribution in [0.15, 0.2) is 24.3 Å². The van der Waals surface area contributed by atoms with E-state index in [1.165, 1.54) is 48.7 Å². The minimum absolute atomic E-state index is 0.954. The predicted octanol–water partition coefficient (Wildman–Crippen LogP) is 2.73. The normalized spacial score (nSPS) is 27.2. The van der Waals surface area contributed by atoms with Crippen molar-refractivity contribution in [3.63, 3.8) is 0 Å². The van der Waals surface area contributed by atoms with Crippen molar-refractivity contribution >= 4 is 15.0 Å². The molecule has 0 aliphatic carbocycles. The topological polar surface area (TPSA) is 12.5 Å². The van der Waals surface area contributed by atoms with Gasteiger partial charge in [-0.25, -0.2) is 0 Å². The molecular formula is C16H23NOSe. The summed E-state index contributed by atoms with van der Waals surface area (Å²) >= 11 is 0.954. The Morgan fingerprint density at radius 2 is 1.84 bits per heavy atom. The van der Waals surface area contributed by atoms with E-state index in [4.69, 9.17) is 4.74 Å². The average Bonchev–Trinajstić information content (AvgIpc) is 2.45. The molecule has 0 saturated carbocycles. The molecule has 1 aromatic rings. The fourth-order valence-corrected chi connectivity index (χ4v) is 6.03.